The van der Waals surface area contributed by atoms with E-state index >= 15 is 0 Å². The van der Waals surface area contributed by atoms with Gasteiger partial charge in [0.1, 0.15) is 5.82 Å². The van der Waals surface area contributed by atoms with Crippen molar-refractivity contribution in [2.75, 3.05) is 13.1 Å². The van der Waals surface area contributed by atoms with Gasteiger partial charge in [-0.1, -0.05) is 18.5 Å². The lowest BCUT2D eigenvalue weighted by Crippen LogP contribution is -2.40. The summed E-state index contributed by atoms with van der Waals surface area (Å²) in [4.78, 5) is 19.3. The van der Waals surface area contributed by atoms with E-state index in [2.05, 4.69) is 21.6 Å². The standard InChI is InChI=1S/C17H24ClN5O/c1-4-7-23-11-14(18)15(20-23)17(24)22-8-5-6-13(10-22)16-19-12(2)9-21(16)3/h9,11,13H,4-8,10H2,1-3H3. The lowest BCUT2D eigenvalue weighted by atomic mass is 9.97. The molecule has 0 spiro atoms. The lowest BCUT2D eigenvalue weighted by molar-refractivity contribution is 0.0696. The maximum Gasteiger partial charge on any atom is 0.275 e. The molecule has 1 atom stereocenters. The van der Waals surface area contributed by atoms with E-state index < -0.39 is 0 Å². The first kappa shape index (κ1) is 17.0. The van der Waals surface area contributed by atoms with Gasteiger partial charge < -0.3 is 9.47 Å². The summed E-state index contributed by atoms with van der Waals surface area (Å²) in [5, 5.41) is 4.80. The zero-order valence-electron chi connectivity index (χ0n) is 14.5. The van der Waals surface area contributed by atoms with Gasteiger partial charge in [0, 0.05) is 45.0 Å². The fourth-order valence-electron chi connectivity index (χ4n) is 3.42. The van der Waals surface area contributed by atoms with E-state index in [0.717, 1.165) is 43.9 Å². The Hall–Kier alpha value is -1.82. The smallest absolute Gasteiger partial charge is 0.275 e. The average molecular weight is 350 g/mol. The second kappa shape index (κ2) is 6.97. The summed E-state index contributed by atoms with van der Waals surface area (Å²) in [6.45, 7) is 6.24. The summed E-state index contributed by atoms with van der Waals surface area (Å²) >= 11 is 6.23. The van der Waals surface area contributed by atoms with Crippen molar-refractivity contribution in [3.05, 3.63) is 34.6 Å². The molecule has 0 bridgehead atoms. The number of carbonyl (C=O) groups excluding carboxylic acids is 1. The topological polar surface area (TPSA) is 56.0 Å². The largest absolute Gasteiger partial charge is 0.337 e. The molecule has 7 heteroatoms. The summed E-state index contributed by atoms with van der Waals surface area (Å²) in [5.74, 6) is 1.23. The van der Waals surface area contributed by atoms with E-state index in [1.54, 1.807) is 10.9 Å². The minimum atomic E-state index is -0.0783. The van der Waals surface area contributed by atoms with Crippen LogP contribution in [0.4, 0.5) is 0 Å². The maximum absolute atomic E-state index is 12.8. The van der Waals surface area contributed by atoms with Crippen LogP contribution in [0.3, 0.4) is 0 Å². The Bertz CT molecular complexity index is 735. The van der Waals surface area contributed by atoms with Gasteiger partial charge in [-0.15, -0.1) is 0 Å². The molecule has 3 rings (SSSR count). The van der Waals surface area contributed by atoms with Crippen molar-refractivity contribution in [2.45, 2.75) is 45.6 Å². The third-order valence-corrected chi connectivity index (χ3v) is 4.76. The number of amides is 1. The minimum Gasteiger partial charge on any atom is -0.337 e. The Kier molecular flexibility index (Phi) is 4.94. The van der Waals surface area contributed by atoms with Crippen LogP contribution < -0.4 is 0 Å². The fourth-order valence-corrected chi connectivity index (χ4v) is 3.65. The van der Waals surface area contributed by atoms with Gasteiger partial charge in [-0.3, -0.25) is 9.48 Å². The zero-order valence-corrected chi connectivity index (χ0v) is 15.3. The predicted octanol–water partition coefficient (Wildman–Crippen LogP) is 3.01. The summed E-state index contributed by atoms with van der Waals surface area (Å²) in [6.07, 6.45) is 6.73. The number of piperidine rings is 1. The monoisotopic (exact) mass is 349 g/mol. The summed E-state index contributed by atoms with van der Waals surface area (Å²) in [6, 6.07) is 0. The third-order valence-electron chi connectivity index (χ3n) is 4.48. The van der Waals surface area contributed by atoms with Gasteiger partial charge in [0.05, 0.1) is 10.7 Å². The number of hydrogen-bond acceptors (Lipinski definition) is 3. The average Bonchev–Trinajstić information content (AvgIpc) is 3.09. The highest BCUT2D eigenvalue weighted by Crippen LogP contribution is 2.28. The maximum atomic E-state index is 12.8. The van der Waals surface area contributed by atoms with Crippen LogP contribution in [0.2, 0.25) is 5.02 Å². The van der Waals surface area contributed by atoms with E-state index in [9.17, 15) is 4.79 Å². The molecule has 1 amide bonds. The van der Waals surface area contributed by atoms with Crippen molar-refractivity contribution in [1.82, 2.24) is 24.2 Å². The first-order chi connectivity index (χ1) is 11.5. The van der Waals surface area contributed by atoms with Crippen molar-refractivity contribution in [2.24, 2.45) is 7.05 Å². The van der Waals surface area contributed by atoms with Crippen molar-refractivity contribution < 1.29 is 4.79 Å². The summed E-state index contributed by atoms with van der Waals surface area (Å²) in [7, 11) is 2.01. The molecule has 0 aliphatic carbocycles. The number of imidazole rings is 1. The van der Waals surface area contributed by atoms with Crippen LogP contribution in [0.5, 0.6) is 0 Å². The Labute approximate surface area is 147 Å². The molecule has 1 aliphatic rings. The van der Waals surface area contributed by atoms with Crippen LogP contribution in [0, 0.1) is 6.92 Å². The van der Waals surface area contributed by atoms with Gasteiger partial charge in [0.15, 0.2) is 5.69 Å². The first-order valence-electron chi connectivity index (χ1n) is 8.51. The van der Waals surface area contributed by atoms with Crippen LogP contribution in [0.1, 0.15) is 54.1 Å². The van der Waals surface area contributed by atoms with Crippen molar-refractivity contribution in [1.29, 1.82) is 0 Å². The number of likely N-dealkylation sites (tertiary alicyclic amines) is 1. The van der Waals surface area contributed by atoms with Crippen LogP contribution in [-0.2, 0) is 13.6 Å². The van der Waals surface area contributed by atoms with Crippen molar-refractivity contribution in [3.8, 4) is 0 Å². The number of halogens is 1. The van der Waals surface area contributed by atoms with E-state index in [4.69, 9.17) is 11.6 Å². The molecule has 2 aromatic heterocycles. The fraction of sp³-hybridized carbons (Fsp3) is 0.588. The molecule has 24 heavy (non-hydrogen) atoms. The molecule has 130 valence electrons. The first-order valence-corrected chi connectivity index (χ1v) is 8.89. The van der Waals surface area contributed by atoms with Gasteiger partial charge in [0.25, 0.3) is 5.91 Å². The van der Waals surface area contributed by atoms with Crippen LogP contribution in [-0.4, -0.2) is 43.2 Å². The Morgan fingerprint density at radius 2 is 2.21 bits per heavy atom. The molecular weight excluding hydrogens is 326 g/mol. The number of rotatable bonds is 4. The second-order valence-corrected chi connectivity index (χ2v) is 6.94. The Morgan fingerprint density at radius 1 is 1.42 bits per heavy atom. The molecule has 1 aliphatic heterocycles. The molecule has 2 aromatic rings. The highest BCUT2D eigenvalue weighted by Gasteiger charge is 2.30. The van der Waals surface area contributed by atoms with Crippen molar-refractivity contribution >= 4 is 17.5 Å². The molecule has 0 N–H and O–H groups in total. The molecule has 6 nitrogen and oxygen atoms in total. The third kappa shape index (κ3) is 3.34. The van der Waals surface area contributed by atoms with Gasteiger partial charge in [-0.25, -0.2) is 4.98 Å². The van der Waals surface area contributed by atoms with Gasteiger partial charge >= 0.3 is 0 Å². The number of carbonyl (C=O) groups is 1. The molecule has 1 fully saturated rings. The highest BCUT2D eigenvalue weighted by atomic mass is 35.5. The second-order valence-electron chi connectivity index (χ2n) is 6.53. The molecule has 0 radical (unpaired) electrons. The van der Waals surface area contributed by atoms with Crippen LogP contribution in [0.25, 0.3) is 0 Å². The number of aromatic nitrogens is 4. The number of aryl methyl sites for hydroxylation is 3. The number of hydrogen-bond donors (Lipinski definition) is 0. The van der Waals surface area contributed by atoms with Crippen LogP contribution >= 0.6 is 11.6 Å². The predicted molar refractivity (Wildman–Crippen MR) is 93.4 cm³/mol. The zero-order chi connectivity index (χ0) is 17.3. The van der Waals surface area contributed by atoms with Crippen molar-refractivity contribution in [3.63, 3.8) is 0 Å². The quantitative estimate of drug-likeness (QED) is 0.852. The van der Waals surface area contributed by atoms with Crippen LogP contribution in [0.15, 0.2) is 12.4 Å². The lowest BCUT2D eigenvalue weighted by Gasteiger charge is -2.32. The Balaban J connectivity index is 1.77. The van der Waals surface area contributed by atoms with E-state index in [1.165, 1.54) is 0 Å². The van der Waals surface area contributed by atoms with E-state index in [0.29, 0.717) is 17.3 Å². The SMILES string of the molecule is CCCn1cc(Cl)c(C(=O)N2CCCC(c3nc(C)cn3C)C2)n1. The molecule has 0 aromatic carbocycles. The molecule has 0 saturated carbocycles. The van der Waals surface area contributed by atoms with E-state index in [1.807, 2.05) is 25.1 Å². The highest BCUT2D eigenvalue weighted by molar-refractivity contribution is 6.33. The number of nitrogens with zero attached hydrogens (tertiary/aromatic N) is 5. The molecule has 1 saturated heterocycles. The molecule has 3 heterocycles. The van der Waals surface area contributed by atoms with Gasteiger partial charge in [-0.2, -0.15) is 5.10 Å². The summed E-state index contributed by atoms with van der Waals surface area (Å²) in [5.41, 5.74) is 1.37. The molecular formula is C17H24ClN5O. The minimum absolute atomic E-state index is 0.0783. The van der Waals surface area contributed by atoms with Gasteiger partial charge in [-0.05, 0) is 26.2 Å². The van der Waals surface area contributed by atoms with Gasteiger partial charge in [0.2, 0.25) is 0 Å². The summed E-state index contributed by atoms with van der Waals surface area (Å²) < 4.78 is 3.82. The van der Waals surface area contributed by atoms with E-state index in [-0.39, 0.29) is 11.8 Å². The normalized spacial score (nSPS) is 18.2. The molecule has 1 unspecified atom stereocenters. The Morgan fingerprint density at radius 3 is 2.88 bits per heavy atom.